The van der Waals surface area contributed by atoms with E-state index in [0.29, 0.717) is 13.0 Å². The fraction of sp³-hybridized carbons (Fsp3) is 0.333. The highest BCUT2D eigenvalue weighted by Gasteiger charge is 2.02. The largest absolute Gasteiger partial charge is 0.355 e. The van der Waals surface area contributed by atoms with E-state index in [1.54, 1.807) is 12.4 Å². The van der Waals surface area contributed by atoms with Crippen LogP contribution in [0.1, 0.15) is 12.0 Å². The lowest BCUT2D eigenvalue weighted by atomic mass is 10.1. The number of nitrogens with one attached hydrogen (secondary N) is 2. The Morgan fingerprint density at radius 1 is 1.47 bits per heavy atom. The minimum Gasteiger partial charge on any atom is -0.355 e. The normalized spacial score (nSPS) is 10.3. The van der Waals surface area contributed by atoms with Gasteiger partial charge >= 0.3 is 0 Å². The Morgan fingerprint density at radius 3 is 3.16 bits per heavy atom. The van der Waals surface area contributed by atoms with Gasteiger partial charge in [-0.2, -0.15) is 5.10 Å². The summed E-state index contributed by atoms with van der Waals surface area (Å²) in [6.45, 7) is 0.622. The van der Waals surface area contributed by atoms with Crippen LogP contribution in [0.4, 0.5) is 0 Å². The number of pyridine rings is 1. The molecule has 1 amide bonds. The van der Waals surface area contributed by atoms with Crippen LogP contribution in [0, 0.1) is 0 Å². The van der Waals surface area contributed by atoms with Crippen molar-refractivity contribution in [3.05, 3.63) is 36.4 Å². The summed E-state index contributed by atoms with van der Waals surface area (Å²) in [5.74, 6) is 0.829. The molecule has 0 atom stereocenters. The van der Waals surface area contributed by atoms with E-state index in [9.17, 15) is 4.79 Å². The minimum atomic E-state index is 0.0574. The van der Waals surface area contributed by atoms with Crippen LogP contribution in [0.2, 0.25) is 0 Å². The first-order valence-electron chi connectivity index (χ1n) is 5.98. The highest BCUT2D eigenvalue weighted by atomic mass is 32.2. The van der Waals surface area contributed by atoms with Crippen LogP contribution < -0.4 is 5.32 Å². The molecule has 2 heterocycles. The molecule has 2 N–H and O–H groups in total. The molecule has 0 saturated heterocycles. The second-order valence-corrected chi connectivity index (χ2v) is 4.93. The van der Waals surface area contributed by atoms with E-state index in [0.717, 1.165) is 22.9 Å². The molecule has 6 nitrogen and oxygen atoms in total. The van der Waals surface area contributed by atoms with Gasteiger partial charge in [-0.25, -0.2) is 4.98 Å². The number of aryl methyl sites for hydroxylation is 1. The Bertz CT molecular complexity index is 488. The van der Waals surface area contributed by atoms with Crippen LogP contribution in [-0.4, -0.2) is 38.4 Å². The van der Waals surface area contributed by atoms with Crippen LogP contribution in [0.15, 0.2) is 36.0 Å². The zero-order valence-electron chi connectivity index (χ0n) is 10.4. The number of aromatic amines is 1. The van der Waals surface area contributed by atoms with Crippen molar-refractivity contribution in [2.45, 2.75) is 18.0 Å². The number of carbonyl (C=O) groups excluding carboxylic acids is 1. The summed E-state index contributed by atoms with van der Waals surface area (Å²) in [5.41, 5.74) is 1.08. The standard InChI is InChI=1S/C12H15N5OS/c18-11(4-3-10-2-1-5-13-8-10)14-6-7-19-12-15-9-16-17-12/h1-2,5,8-9H,3-4,6-7H2,(H,14,18)(H,15,16,17). The molecule has 0 bridgehead atoms. The fourth-order valence-corrected chi connectivity index (χ4v) is 2.13. The van der Waals surface area contributed by atoms with Gasteiger partial charge in [-0.1, -0.05) is 17.8 Å². The number of carbonyl (C=O) groups is 1. The highest BCUT2D eigenvalue weighted by Crippen LogP contribution is 2.08. The first-order valence-corrected chi connectivity index (χ1v) is 6.97. The molecule has 0 spiro atoms. The predicted molar refractivity (Wildman–Crippen MR) is 72.7 cm³/mol. The minimum absolute atomic E-state index is 0.0574. The van der Waals surface area contributed by atoms with E-state index < -0.39 is 0 Å². The van der Waals surface area contributed by atoms with Crippen molar-refractivity contribution in [2.75, 3.05) is 12.3 Å². The van der Waals surface area contributed by atoms with E-state index in [2.05, 4.69) is 25.5 Å². The van der Waals surface area contributed by atoms with E-state index in [1.807, 2.05) is 12.1 Å². The average Bonchev–Trinajstić information content (AvgIpc) is 2.96. The van der Waals surface area contributed by atoms with Crippen LogP contribution in [-0.2, 0) is 11.2 Å². The van der Waals surface area contributed by atoms with Gasteiger partial charge in [0.05, 0.1) is 0 Å². The molecule has 2 aromatic rings. The van der Waals surface area contributed by atoms with E-state index in [4.69, 9.17) is 0 Å². The fourth-order valence-electron chi connectivity index (χ4n) is 1.49. The molecule has 0 aliphatic carbocycles. The molecule has 0 radical (unpaired) electrons. The molecule has 0 aliphatic rings. The van der Waals surface area contributed by atoms with E-state index in [-0.39, 0.29) is 5.91 Å². The number of hydrogen-bond acceptors (Lipinski definition) is 5. The number of nitrogens with zero attached hydrogens (tertiary/aromatic N) is 3. The summed E-state index contributed by atoms with van der Waals surface area (Å²) < 4.78 is 0. The number of hydrogen-bond donors (Lipinski definition) is 2. The maximum absolute atomic E-state index is 11.6. The molecule has 0 saturated carbocycles. The molecule has 100 valence electrons. The maximum Gasteiger partial charge on any atom is 0.220 e. The Labute approximate surface area is 115 Å². The third-order valence-corrected chi connectivity index (χ3v) is 3.30. The van der Waals surface area contributed by atoms with Gasteiger partial charge in [0.25, 0.3) is 0 Å². The van der Waals surface area contributed by atoms with Crippen molar-refractivity contribution >= 4 is 17.7 Å². The summed E-state index contributed by atoms with van der Waals surface area (Å²) in [7, 11) is 0. The van der Waals surface area contributed by atoms with Crippen LogP contribution in [0.25, 0.3) is 0 Å². The van der Waals surface area contributed by atoms with E-state index >= 15 is 0 Å². The third kappa shape index (κ3) is 5.09. The van der Waals surface area contributed by atoms with E-state index in [1.165, 1.54) is 18.1 Å². The van der Waals surface area contributed by atoms with Crippen molar-refractivity contribution in [3.8, 4) is 0 Å². The smallest absolute Gasteiger partial charge is 0.220 e. The molecule has 0 unspecified atom stereocenters. The Morgan fingerprint density at radius 2 is 2.42 bits per heavy atom. The Hall–Kier alpha value is -1.89. The topological polar surface area (TPSA) is 83.6 Å². The van der Waals surface area contributed by atoms with Crippen molar-refractivity contribution in [1.82, 2.24) is 25.5 Å². The third-order valence-electron chi connectivity index (χ3n) is 2.42. The molecule has 2 rings (SSSR count). The lowest BCUT2D eigenvalue weighted by Gasteiger charge is -2.04. The summed E-state index contributed by atoms with van der Waals surface area (Å²) in [6, 6.07) is 3.85. The van der Waals surface area contributed by atoms with Crippen molar-refractivity contribution < 1.29 is 4.79 Å². The molecule has 2 aromatic heterocycles. The maximum atomic E-state index is 11.6. The molecule has 0 aliphatic heterocycles. The number of amides is 1. The first kappa shape index (κ1) is 13.5. The molecule has 0 fully saturated rings. The summed E-state index contributed by atoms with van der Waals surface area (Å²) in [6.07, 6.45) is 6.18. The summed E-state index contributed by atoms with van der Waals surface area (Å²) in [4.78, 5) is 19.6. The van der Waals surface area contributed by atoms with Gasteiger partial charge in [0.2, 0.25) is 5.91 Å². The van der Waals surface area contributed by atoms with Crippen LogP contribution >= 0.6 is 11.8 Å². The van der Waals surface area contributed by atoms with Crippen molar-refractivity contribution in [3.63, 3.8) is 0 Å². The summed E-state index contributed by atoms with van der Waals surface area (Å²) >= 11 is 1.53. The molecular weight excluding hydrogens is 262 g/mol. The van der Waals surface area contributed by atoms with Gasteiger partial charge in [-0.3, -0.25) is 14.9 Å². The second-order valence-electron chi connectivity index (χ2n) is 3.85. The molecule has 19 heavy (non-hydrogen) atoms. The van der Waals surface area contributed by atoms with Gasteiger partial charge in [-0.05, 0) is 18.1 Å². The lowest BCUT2D eigenvalue weighted by Crippen LogP contribution is -2.25. The number of rotatable bonds is 7. The number of thioether (sulfide) groups is 1. The highest BCUT2D eigenvalue weighted by molar-refractivity contribution is 7.99. The quantitative estimate of drug-likeness (QED) is 0.583. The van der Waals surface area contributed by atoms with Crippen LogP contribution in [0.3, 0.4) is 0 Å². The molecule has 0 aromatic carbocycles. The number of aromatic nitrogens is 4. The Kier molecular flexibility index (Phi) is 5.36. The van der Waals surface area contributed by atoms with Crippen LogP contribution in [0.5, 0.6) is 0 Å². The zero-order valence-corrected chi connectivity index (χ0v) is 11.2. The van der Waals surface area contributed by atoms with Gasteiger partial charge in [0.15, 0.2) is 5.16 Å². The lowest BCUT2D eigenvalue weighted by molar-refractivity contribution is -0.120. The first-order chi connectivity index (χ1) is 9.34. The van der Waals surface area contributed by atoms with Crippen molar-refractivity contribution in [1.29, 1.82) is 0 Å². The Balaban J connectivity index is 1.57. The summed E-state index contributed by atoms with van der Waals surface area (Å²) in [5, 5.41) is 10.1. The predicted octanol–water partition coefficient (Wildman–Crippen LogP) is 1.04. The molecule has 7 heteroatoms. The number of H-pyrrole nitrogens is 1. The van der Waals surface area contributed by atoms with Gasteiger partial charge < -0.3 is 5.32 Å². The zero-order chi connectivity index (χ0) is 13.3. The van der Waals surface area contributed by atoms with Gasteiger partial charge in [0.1, 0.15) is 6.33 Å². The van der Waals surface area contributed by atoms with Gasteiger partial charge in [0, 0.05) is 31.1 Å². The second kappa shape index (κ2) is 7.52. The molecular formula is C12H15N5OS. The van der Waals surface area contributed by atoms with Crippen molar-refractivity contribution in [2.24, 2.45) is 0 Å². The average molecular weight is 277 g/mol. The van der Waals surface area contributed by atoms with Gasteiger partial charge in [-0.15, -0.1) is 0 Å². The monoisotopic (exact) mass is 277 g/mol. The SMILES string of the molecule is O=C(CCc1cccnc1)NCCSc1ncn[nH]1.